The number of hydrogen-bond donors (Lipinski definition) is 1. The number of rotatable bonds is 7. The summed E-state index contributed by atoms with van der Waals surface area (Å²) >= 11 is 0. The van der Waals surface area contributed by atoms with Crippen molar-refractivity contribution in [1.29, 1.82) is 0 Å². The summed E-state index contributed by atoms with van der Waals surface area (Å²) in [5.41, 5.74) is 7.10. The fourth-order valence-corrected chi connectivity index (χ4v) is 2.02. The molecule has 1 aromatic carbocycles. The van der Waals surface area contributed by atoms with Crippen LogP contribution in [0.3, 0.4) is 0 Å². The highest BCUT2D eigenvalue weighted by molar-refractivity contribution is 5.76. The number of unbranched alkanes of at least 4 members (excludes halogenated alkanes) is 1. The van der Waals surface area contributed by atoms with Gasteiger partial charge in [-0.15, -0.1) is 0 Å². The first-order valence-corrected chi connectivity index (χ1v) is 7.01. The Morgan fingerprint density at radius 1 is 1.29 bits per heavy atom. The standard InChI is InChI=1S/C15H21F3N2O/c1-2-3-10-20(11-15(16,17)18)14(21)9-8-12-6-4-5-7-13(12)19/h4-7H,2-3,8-11,19H2,1H3. The van der Waals surface area contributed by atoms with Gasteiger partial charge in [0.25, 0.3) is 0 Å². The highest BCUT2D eigenvalue weighted by atomic mass is 19.4. The SMILES string of the molecule is CCCCN(CC(F)(F)F)C(=O)CCc1ccccc1N. The lowest BCUT2D eigenvalue weighted by Crippen LogP contribution is -2.39. The molecule has 0 aromatic heterocycles. The summed E-state index contributed by atoms with van der Waals surface area (Å²) < 4.78 is 37.5. The average molecular weight is 302 g/mol. The minimum absolute atomic E-state index is 0.0357. The van der Waals surface area contributed by atoms with Crippen LogP contribution < -0.4 is 5.73 Å². The van der Waals surface area contributed by atoms with Crippen molar-refractivity contribution in [2.75, 3.05) is 18.8 Å². The number of halogens is 3. The van der Waals surface area contributed by atoms with E-state index in [0.29, 0.717) is 18.5 Å². The zero-order valence-electron chi connectivity index (χ0n) is 12.1. The van der Waals surface area contributed by atoms with Crippen LogP contribution in [0.1, 0.15) is 31.7 Å². The molecule has 0 saturated heterocycles. The summed E-state index contributed by atoms with van der Waals surface area (Å²) in [7, 11) is 0. The van der Waals surface area contributed by atoms with Crippen LogP contribution in [0.4, 0.5) is 18.9 Å². The molecule has 6 heteroatoms. The van der Waals surface area contributed by atoms with Crippen LogP contribution in [0, 0.1) is 0 Å². The minimum Gasteiger partial charge on any atom is -0.399 e. The third-order valence-corrected chi connectivity index (χ3v) is 3.17. The van der Waals surface area contributed by atoms with Gasteiger partial charge in [0.2, 0.25) is 5.91 Å². The zero-order valence-corrected chi connectivity index (χ0v) is 12.1. The maximum Gasteiger partial charge on any atom is 0.406 e. The summed E-state index contributed by atoms with van der Waals surface area (Å²) in [6.45, 7) is 0.829. The van der Waals surface area contributed by atoms with Crippen molar-refractivity contribution in [2.24, 2.45) is 0 Å². The van der Waals surface area contributed by atoms with Gasteiger partial charge in [0.05, 0.1) is 0 Å². The lowest BCUT2D eigenvalue weighted by Gasteiger charge is -2.24. The number of para-hydroxylation sites is 1. The molecule has 1 rings (SSSR count). The molecule has 0 spiro atoms. The van der Waals surface area contributed by atoms with Gasteiger partial charge in [0.1, 0.15) is 6.54 Å². The molecule has 0 atom stereocenters. The maximum absolute atomic E-state index is 12.5. The van der Waals surface area contributed by atoms with Crippen LogP contribution >= 0.6 is 0 Å². The largest absolute Gasteiger partial charge is 0.406 e. The molecular weight excluding hydrogens is 281 g/mol. The van der Waals surface area contributed by atoms with Gasteiger partial charge in [-0.05, 0) is 24.5 Å². The second kappa shape index (κ2) is 7.90. The molecule has 0 heterocycles. The normalized spacial score (nSPS) is 11.4. The number of benzene rings is 1. The lowest BCUT2D eigenvalue weighted by molar-refractivity contribution is -0.161. The lowest BCUT2D eigenvalue weighted by atomic mass is 10.1. The van der Waals surface area contributed by atoms with E-state index < -0.39 is 18.6 Å². The van der Waals surface area contributed by atoms with Crippen molar-refractivity contribution in [3.8, 4) is 0 Å². The summed E-state index contributed by atoms with van der Waals surface area (Å²) in [6, 6.07) is 7.06. The molecule has 0 fully saturated rings. The Balaban J connectivity index is 2.61. The molecular formula is C15H21F3N2O. The Morgan fingerprint density at radius 3 is 2.52 bits per heavy atom. The van der Waals surface area contributed by atoms with Gasteiger partial charge in [0.15, 0.2) is 0 Å². The Kier molecular flexibility index (Phi) is 6.52. The monoisotopic (exact) mass is 302 g/mol. The Bertz CT molecular complexity index is 460. The number of carbonyl (C=O) groups is 1. The van der Waals surface area contributed by atoms with E-state index >= 15 is 0 Å². The van der Waals surface area contributed by atoms with Gasteiger partial charge in [-0.1, -0.05) is 31.5 Å². The number of nitrogens with zero attached hydrogens (tertiary/aromatic N) is 1. The first-order chi connectivity index (χ1) is 9.83. The highest BCUT2D eigenvalue weighted by Gasteiger charge is 2.32. The van der Waals surface area contributed by atoms with Crippen molar-refractivity contribution in [2.45, 2.75) is 38.8 Å². The van der Waals surface area contributed by atoms with Crippen molar-refractivity contribution >= 4 is 11.6 Å². The second-order valence-electron chi connectivity index (χ2n) is 4.98. The van der Waals surface area contributed by atoms with E-state index in [2.05, 4.69) is 0 Å². The first kappa shape index (κ1) is 17.3. The number of amides is 1. The van der Waals surface area contributed by atoms with Crippen molar-refractivity contribution in [3.05, 3.63) is 29.8 Å². The van der Waals surface area contributed by atoms with E-state index in [1.54, 1.807) is 24.3 Å². The molecule has 0 unspecified atom stereocenters. The molecule has 0 bridgehead atoms. The number of nitrogens with two attached hydrogens (primary N) is 1. The number of carbonyl (C=O) groups excluding carboxylic acids is 1. The molecule has 3 nitrogen and oxygen atoms in total. The predicted molar refractivity (Wildman–Crippen MR) is 76.7 cm³/mol. The van der Waals surface area contributed by atoms with Crippen LogP contribution in [0.2, 0.25) is 0 Å². The fourth-order valence-electron chi connectivity index (χ4n) is 2.02. The molecule has 1 amide bonds. The van der Waals surface area contributed by atoms with Gasteiger partial charge in [-0.2, -0.15) is 13.2 Å². The van der Waals surface area contributed by atoms with E-state index in [1.807, 2.05) is 6.92 Å². The van der Waals surface area contributed by atoms with Crippen LogP contribution in [-0.2, 0) is 11.2 Å². The third kappa shape index (κ3) is 6.51. The Hall–Kier alpha value is -1.72. The van der Waals surface area contributed by atoms with Gasteiger partial charge >= 0.3 is 6.18 Å². The molecule has 21 heavy (non-hydrogen) atoms. The van der Waals surface area contributed by atoms with Crippen molar-refractivity contribution in [3.63, 3.8) is 0 Å². The van der Waals surface area contributed by atoms with Crippen LogP contribution in [0.5, 0.6) is 0 Å². The highest BCUT2D eigenvalue weighted by Crippen LogP contribution is 2.19. The van der Waals surface area contributed by atoms with Crippen molar-refractivity contribution < 1.29 is 18.0 Å². The van der Waals surface area contributed by atoms with E-state index in [4.69, 9.17) is 5.73 Å². The third-order valence-electron chi connectivity index (χ3n) is 3.17. The smallest absolute Gasteiger partial charge is 0.399 e. The number of aryl methyl sites for hydroxylation is 1. The molecule has 118 valence electrons. The summed E-state index contributed by atoms with van der Waals surface area (Å²) in [4.78, 5) is 12.9. The van der Waals surface area contributed by atoms with Crippen LogP contribution in [-0.4, -0.2) is 30.1 Å². The van der Waals surface area contributed by atoms with E-state index in [0.717, 1.165) is 16.9 Å². The number of hydrogen-bond acceptors (Lipinski definition) is 2. The fraction of sp³-hybridized carbons (Fsp3) is 0.533. The minimum atomic E-state index is -4.37. The van der Waals surface area contributed by atoms with Crippen LogP contribution in [0.25, 0.3) is 0 Å². The second-order valence-corrected chi connectivity index (χ2v) is 4.98. The predicted octanol–water partition coefficient (Wildman–Crippen LogP) is 3.39. The van der Waals surface area contributed by atoms with E-state index in [1.165, 1.54) is 0 Å². The summed E-state index contributed by atoms with van der Waals surface area (Å²) in [6.07, 6.45) is -2.67. The Morgan fingerprint density at radius 2 is 1.95 bits per heavy atom. The van der Waals surface area contributed by atoms with E-state index in [-0.39, 0.29) is 13.0 Å². The quantitative estimate of drug-likeness (QED) is 0.785. The number of anilines is 1. The van der Waals surface area contributed by atoms with E-state index in [9.17, 15) is 18.0 Å². The molecule has 0 aliphatic carbocycles. The molecule has 0 saturated carbocycles. The van der Waals surface area contributed by atoms with Gasteiger partial charge in [-0.3, -0.25) is 4.79 Å². The van der Waals surface area contributed by atoms with Crippen molar-refractivity contribution in [1.82, 2.24) is 4.90 Å². The van der Waals surface area contributed by atoms with Gasteiger partial charge < -0.3 is 10.6 Å². The zero-order chi connectivity index (χ0) is 15.9. The average Bonchev–Trinajstić information content (AvgIpc) is 2.41. The van der Waals surface area contributed by atoms with Crippen LogP contribution in [0.15, 0.2) is 24.3 Å². The molecule has 0 radical (unpaired) electrons. The molecule has 1 aromatic rings. The molecule has 2 N–H and O–H groups in total. The first-order valence-electron chi connectivity index (χ1n) is 7.01. The Labute approximate surface area is 122 Å². The maximum atomic E-state index is 12.5. The van der Waals surface area contributed by atoms with Gasteiger partial charge in [0, 0.05) is 18.7 Å². The number of alkyl halides is 3. The van der Waals surface area contributed by atoms with Gasteiger partial charge in [-0.25, -0.2) is 0 Å². The number of nitrogen functional groups attached to an aromatic ring is 1. The molecule has 0 aliphatic rings. The topological polar surface area (TPSA) is 46.3 Å². The molecule has 0 aliphatic heterocycles. The summed E-state index contributed by atoms with van der Waals surface area (Å²) in [5.74, 6) is -0.482. The summed E-state index contributed by atoms with van der Waals surface area (Å²) in [5, 5.41) is 0.